The summed E-state index contributed by atoms with van der Waals surface area (Å²) < 4.78 is 2.15. The highest BCUT2D eigenvalue weighted by molar-refractivity contribution is 7.99. The van der Waals surface area contributed by atoms with E-state index in [1.807, 2.05) is 13.8 Å². The Kier molecular flexibility index (Phi) is 4.29. The van der Waals surface area contributed by atoms with Crippen LogP contribution in [0.3, 0.4) is 0 Å². The third kappa shape index (κ3) is 2.87. The summed E-state index contributed by atoms with van der Waals surface area (Å²) >= 11 is 1.59. The molecule has 0 spiro atoms. The molecule has 6 heteroatoms. The SMILES string of the molecule is CCC(O)(CC)CSc1nnc(CN)n1C1CC1. The van der Waals surface area contributed by atoms with E-state index in [0.717, 1.165) is 23.8 Å². The van der Waals surface area contributed by atoms with Gasteiger partial charge in [0, 0.05) is 11.8 Å². The Morgan fingerprint density at radius 2 is 2.06 bits per heavy atom. The van der Waals surface area contributed by atoms with E-state index in [-0.39, 0.29) is 0 Å². The van der Waals surface area contributed by atoms with Crippen LogP contribution in [0.1, 0.15) is 51.4 Å². The van der Waals surface area contributed by atoms with Gasteiger partial charge in [-0.3, -0.25) is 0 Å². The van der Waals surface area contributed by atoms with Crippen LogP contribution in [0.25, 0.3) is 0 Å². The summed E-state index contributed by atoms with van der Waals surface area (Å²) in [4.78, 5) is 0. The molecule has 1 aliphatic carbocycles. The molecular formula is C12H22N4OS. The Hall–Kier alpha value is -0.590. The Bertz CT molecular complexity index is 399. The van der Waals surface area contributed by atoms with Crippen LogP contribution in [-0.4, -0.2) is 31.2 Å². The minimum Gasteiger partial charge on any atom is -0.389 e. The fourth-order valence-corrected chi connectivity index (χ4v) is 3.20. The highest BCUT2D eigenvalue weighted by atomic mass is 32.2. The van der Waals surface area contributed by atoms with Gasteiger partial charge in [0.1, 0.15) is 5.82 Å². The topological polar surface area (TPSA) is 77.0 Å². The first-order chi connectivity index (χ1) is 8.63. The number of aliphatic hydroxyl groups is 1. The van der Waals surface area contributed by atoms with E-state index >= 15 is 0 Å². The van der Waals surface area contributed by atoms with E-state index in [0.29, 0.717) is 18.3 Å². The number of hydrogen-bond acceptors (Lipinski definition) is 5. The number of nitrogens with two attached hydrogens (primary N) is 1. The van der Waals surface area contributed by atoms with Crippen LogP contribution in [0.5, 0.6) is 0 Å². The van der Waals surface area contributed by atoms with Crippen LogP contribution in [0, 0.1) is 0 Å². The van der Waals surface area contributed by atoms with Crippen molar-refractivity contribution in [1.29, 1.82) is 0 Å². The summed E-state index contributed by atoms with van der Waals surface area (Å²) in [6, 6.07) is 0.525. The van der Waals surface area contributed by atoms with E-state index in [2.05, 4.69) is 14.8 Å². The summed E-state index contributed by atoms with van der Waals surface area (Å²) in [5.41, 5.74) is 5.08. The van der Waals surface area contributed by atoms with Crippen LogP contribution in [0.15, 0.2) is 5.16 Å². The van der Waals surface area contributed by atoms with E-state index in [1.54, 1.807) is 11.8 Å². The summed E-state index contributed by atoms with van der Waals surface area (Å²) in [6.45, 7) is 4.46. The van der Waals surface area contributed by atoms with E-state index in [1.165, 1.54) is 12.8 Å². The van der Waals surface area contributed by atoms with Gasteiger partial charge in [0.05, 0.1) is 12.1 Å². The maximum Gasteiger partial charge on any atom is 0.191 e. The van der Waals surface area contributed by atoms with Crippen LogP contribution < -0.4 is 5.73 Å². The molecule has 0 unspecified atom stereocenters. The fourth-order valence-electron chi connectivity index (χ4n) is 1.90. The zero-order valence-electron chi connectivity index (χ0n) is 11.1. The van der Waals surface area contributed by atoms with Crippen molar-refractivity contribution >= 4 is 11.8 Å². The number of thioether (sulfide) groups is 1. The van der Waals surface area contributed by atoms with Gasteiger partial charge in [0.2, 0.25) is 0 Å². The molecule has 0 aliphatic heterocycles. The molecule has 0 radical (unpaired) electrons. The Morgan fingerprint density at radius 3 is 2.56 bits per heavy atom. The molecule has 0 saturated heterocycles. The van der Waals surface area contributed by atoms with Crippen molar-refractivity contribution < 1.29 is 5.11 Å². The number of rotatable bonds is 7. The molecular weight excluding hydrogens is 248 g/mol. The molecule has 0 amide bonds. The van der Waals surface area contributed by atoms with Crippen molar-refractivity contribution in [3.05, 3.63) is 5.82 Å². The summed E-state index contributed by atoms with van der Waals surface area (Å²) in [5.74, 6) is 1.52. The van der Waals surface area contributed by atoms with Gasteiger partial charge in [-0.05, 0) is 25.7 Å². The molecule has 1 aromatic heterocycles. The van der Waals surface area contributed by atoms with Gasteiger partial charge in [0.15, 0.2) is 5.16 Å². The Labute approximate surface area is 112 Å². The van der Waals surface area contributed by atoms with Gasteiger partial charge in [0.25, 0.3) is 0 Å². The van der Waals surface area contributed by atoms with Crippen LogP contribution >= 0.6 is 11.8 Å². The number of aromatic nitrogens is 3. The van der Waals surface area contributed by atoms with Crippen molar-refractivity contribution in [2.75, 3.05) is 5.75 Å². The second-order valence-corrected chi connectivity index (χ2v) is 5.87. The second kappa shape index (κ2) is 5.59. The second-order valence-electron chi connectivity index (χ2n) is 4.92. The third-order valence-corrected chi connectivity index (χ3v) is 4.83. The maximum absolute atomic E-state index is 10.3. The number of nitrogens with zero attached hydrogens (tertiary/aromatic N) is 3. The average Bonchev–Trinajstić information content (AvgIpc) is 3.16. The smallest absolute Gasteiger partial charge is 0.191 e. The zero-order valence-corrected chi connectivity index (χ0v) is 11.9. The molecule has 1 fully saturated rings. The molecule has 1 saturated carbocycles. The minimum absolute atomic E-state index is 0.426. The van der Waals surface area contributed by atoms with Crippen molar-refractivity contribution in [1.82, 2.24) is 14.8 Å². The third-order valence-electron chi connectivity index (χ3n) is 3.62. The first-order valence-corrected chi connectivity index (χ1v) is 7.61. The summed E-state index contributed by atoms with van der Waals surface area (Å²) in [6.07, 6.45) is 3.89. The van der Waals surface area contributed by atoms with Gasteiger partial charge >= 0.3 is 0 Å². The first-order valence-electron chi connectivity index (χ1n) is 6.62. The molecule has 1 heterocycles. The van der Waals surface area contributed by atoms with E-state index in [9.17, 15) is 5.11 Å². The van der Waals surface area contributed by atoms with E-state index in [4.69, 9.17) is 5.73 Å². The minimum atomic E-state index is -0.603. The van der Waals surface area contributed by atoms with Gasteiger partial charge in [-0.25, -0.2) is 0 Å². The Morgan fingerprint density at radius 1 is 1.39 bits per heavy atom. The predicted molar refractivity (Wildman–Crippen MR) is 72.4 cm³/mol. The molecule has 0 atom stereocenters. The van der Waals surface area contributed by atoms with Crippen molar-refractivity contribution in [3.63, 3.8) is 0 Å². The monoisotopic (exact) mass is 270 g/mol. The van der Waals surface area contributed by atoms with Gasteiger partial charge < -0.3 is 15.4 Å². The lowest BCUT2D eigenvalue weighted by molar-refractivity contribution is 0.0571. The highest BCUT2D eigenvalue weighted by Crippen LogP contribution is 2.39. The molecule has 0 bridgehead atoms. The number of hydrogen-bond donors (Lipinski definition) is 2. The molecule has 1 aromatic rings. The molecule has 102 valence electrons. The largest absolute Gasteiger partial charge is 0.389 e. The van der Waals surface area contributed by atoms with Crippen LogP contribution in [-0.2, 0) is 6.54 Å². The van der Waals surface area contributed by atoms with Gasteiger partial charge in [-0.1, -0.05) is 25.6 Å². The van der Waals surface area contributed by atoms with Gasteiger partial charge in [-0.15, -0.1) is 10.2 Å². The maximum atomic E-state index is 10.3. The van der Waals surface area contributed by atoms with Crippen LogP contribution in [0.2, 0.25) is 0 Å². The lowest BCUT2D eigenvalue weighted by Crippen LogP contribution is -2.29. The molecule has 2 rings (SSSR count). The van der Waals surface area contributed by atoms with Gasteiger partial charge in [-0.2, -0.15) is 0 Å². The first kappa shape index (κ1) is 13.8. The molecule has 3 N–H and O–H groups in total. The van der Waals surface area contributed by atoms with Crippen molar-refractivity contribution in [3.8, 4) is 0 Å². The molecule has 0 aromatic carbocycles. The lowest BCUT2D eigenvalue weighted by atomic mass is 10.0. The van der Waals surface area contributed by atoms with E-state index < -0.39 is 5.60 Å². The molecule has 1 aliphatic rings. The fraction of sp³-hybridized carbons (Fsp3) is 0.833. The standard InChI is InChI=1S/C12H22N4OS/c1-3-12(17,4-2)8-18-11-15-14-10(7-13)16(11)9-5-6-9/h9,17H,3-8,13H2,1-2H3. The predicted octanol–water partition coefficient (Wildman–Crippen LogP) is 1.71. The average molecular weight is 270 g/mol. The Balaban J connectivity index is 2.07. The zero-order chi connectivity index (χ0) is 13.2. The quantitative estimate of drug-likeness (QED) is 0.738. The lowest BCUT2D eigenvalue weighted by Gasteiger charge is -2.24. The normalized spacial score (nSPS) is 16.2. The molecule has 5 nitrogen and oxygen atoms in total. The highest BCUT2D eigenvalue weighted by Gasteiger charge is 2.30. The summed E-state index contributed by atoms with van der Waals surface area (Å²) in [7, 11) is 0. The summed E-state index contributed by atoms with van der Waals surface area (Å²) in [5, 5.41) is 19.5. The van der Waals surface area contributed by atoms with Crippen molar-refractivity contribution in [2.24, 2.45) is 5.73 Å². The van der Waals surface area contributed by atoms with Crippen molar-refractivity contribution in [2.45, 2.75) is 62.9 Å². The van der Waals surface area contributed by atoms with Crippen LogP contribution in [0.4, 0.5) is 0 Å². The molecule has 18 heavy (non-hydrogen) atoms.